The molecule has 0 aromatic carbocycles. The molecule has 4 aliphatic heterocycles. The molecule has 0 unspecified atom stereocenters. The van der Waals surface area contributed by atoms with E-state index in [1.54, 1.807) is 0 Å². The summed E-state index contributed by atoms with van der Waals surface area (Å²) in [5.41, 5.74) is 0. The standard InChI is InChI=1S/C8H14O4.C7H12O4.C3H2F2O2.C3H4O2/c1-2-10-5-6-12-8-7-11-4-3-9-1;1-2-9-4-6-11-7-10-5-3-8-1;4-3(5)6-1-2-7-3;1-2-5-3-4-1/h1-2H,3-8H2;1-2H,3-7H2;1-2H;1-2H,3H2. The minimum Gasteiger partial charge on any atom is -0.496 e. The molecule has 35 heavy (non-hydrogen) atoms. The van der Waals surface area contributed by atoms with Gasteiger partial charge in [0.25, 0.3) is 0 Å². The van der Waals surface area contributed by atoms with Crippen molar-refractivity contribution in [1.29, 1.82) is 0 Å². The quantitative estimate of drug-likeness (QED) is 0.474. The zero-order valence-electron chi connectivity index (χ0n) is 19.3. The Labute approximate surface area is 202 Å². The largest absolute Gasteiger partial charge is 0.585 e. The number of alkyl halides is 2. The number of halogens is 2. The number of ether oxygens (including phenoxy) is 12. The van der Waals surface area contributed by atoms with Crippen LogP contribution in [0.15, 0.2) is 50.1 Å². The second kappa shape index (κ2) is 22.8. The van der Waals surface area contributed by atoms with Crippen LogP contribution in [-0.4, -0.2) is 85.9 Å². The molecule has 4 rings (SSSR count). The molecule has 0 aliphatic carbocycles. The smallest absolute Gasteiger partial charge is 0.496 e. The maximum atomic E-state index is 11.4. The van der Waals surface area contributed by atoms with E-state index in [2.05, 4.69) is 18.9 Å². The molecule has 0 amide bonds. The number of rotatable bonds is 0. The van der Waals surface area contributed by atoms with Crippen molar-refractivity contribution in [3.05, 3.63) is 50.1 Å². The summed E-state index contributed by atoms with van der Waals surface area (Å²) in [4.78, 5) is 0. The zero-order chi connectivity index (χ0) is 25.1. The molecular formula is C21H32F2O12. The lowest BCUT2D eigenvalue weighted by molar-refractivity contribution is -0.329. The van der Waals surface area contributed by atoms with E-state index in [-0.39, 0.29) is 0 Å². The SMILES string of the molecule is C1=COCCOCCOCCO1.C1=COCCOCOCCO1.C1=COCO1.FC1(F)OC=CO1. The minimum atomic E-state index is -3.42. The van der Waals surface area contributed by atoms with Gasteiger partial charge in [0.15, 0.2) is 0 Å². The first-order valence-electron chi connectivity index (χ1n) is 10.5. The Morgan fingerprint density at radius 3 is 1.03 bits per heavy atom. The fourth-order valence-corrected chi connectivity index (χ4v) is 1.79. The topological polar surface area (TPSA) is 111 Å². The Morgan fingerprint density at radius 1 is 0.371 bits per heavy atom. The van der Waals surface area contributed by atoms with E-state index in [9.17, 15) is 8.78 Å². The summed E-state index contributed by atoms with van der Waals surface area (Å²) in [6.07, 6.45) is 7.25. The molecule has 0 bridgehead atoms. The summed E-state index contributed by atoms with van der Waals surface area (Å²) < 4.78 is 79.6. The summed E-state index contributed by atoms with van der Waals surface area (Å²) in [5, 5.41) is 0. The first-order valence-corrected chi connectivity index (χ1v) is 10.5. The van der Waals surface area contributed by atoms with Gasteiger partial charge in [-0.05, 0) is 0 Å². The van der Waals surface area contributed by atoms with E-state index in [1.807, 2.05) is 0 Å². The van der Waals surface area contributed by atoms with Gasteiger partial charge in [0.05, 0.1) is 39.6 Å². The molecule has 202 valence electrons. The summed E-state index contributed by atoms with van der Waals surface area (Å²) in [6.45, 7) is 6.38. The van der Waals surface area contributed by atoms with Crippen LogP contribution >= 0.6 is 0 Å². The van der Waals surface area contributed by atoms with E-state index in [4.69, 9.17) is 37.9 Å². The highest BCUT2D eigenvalue weighted by Gasteiger charge is 2.35. The Balaban J connectivity index is 0.000000244. The van der Waals surface area contributed by atoms with Crippen molar-refractivity contribution in [2.24, 2.45) is 0 Å². The van der Waals surface area contributed by atoms with Crippen molar-refractivity contribution in [2.45, 2.75) is 6.29 Å². The van der Waals surface area contributed by atoms with Crippen molar-refractivity contribution >= 4 is 0 Å². The predicted octanol–water partition coefficient (Wildman–Crippen LogP) is 2.55. The van der Waals surface area contributed by atoms with Crippen LogP contribution in [0.1, 0.15) is 0 Å². The molecule has 0 N–H and O–H groups in total. The third kappa shape index (κ3) is 22.6. The van der Waals surface area contributed by atoms with Crippen molar-refractivity contribution in [3.8, 4) is 0 Å². The third-order valence-corrected chi connectivity index (χ3v) is 3.27. The van der Waals surface area contributed by atoms with E-state index < -0.39 is 6.29 Å². The molecule has 0 atom stereocenters. The van der Waals surface area contributed by atoms with Gasteiger partial charge in [-0.3, -0.25) is 0 Å². The fraction of sp³-hybridized carbons (Fsp3) is 0.619. The van der Waals surface area contributed by atoms with E-state index in [0.29, 0.717) is 79.7 Å². The molecular weight excluding hydrogens is 482 g/mol. The minimum absolute atomic E-state index is 0.312. The first-order chi connectivity index (χ1) is 17.2. The van der Waals surface area contributed by atoms with Gasteiger partial charge in [-0.25, -0.2) is 0 Å². The lowest BCUT2D eigenvalue weighted by Gasteiger charge is -2.07. The van der Waals surface area contributed by atoms with Crippen LogP contribution < -0.4 is 0 Å². The predicted molar refractivity (Wildman–Crippen MR) is 113 cm³/mol. The molecule has 4 heterocycles. The Hall–Kier alpha value is -2.94. The molecule has 0 fully saturated rings. The molecule has 14 heteroatoms. The van der Waals surface area contributed by atoms with Gasteiger partial charge < -0.3 is 56.8 Å². The van der Waals surface area contributed by atoms with Crippen LogP contribution in [0.3, 0.4) is 0 Å². The Morgan fingerprint density at radius 2 is 0.714 bits per heavy atom. The lowest BCUT2D eigenvalue weighted by Crippen LogP contribution is -2.14. The van der Waals surface area contributed by atoms with Crippen LogP contribution in [0.4, 0.5) is 8.78 Å². The highest BCUT2D eigenvalue weighted by Crippen LogP contribution is 2.22. The molecule has 0 spiro atoms. The van der Waals surface area contributed by atoms with E-state index in [1.165, 1.54) is 37.6 Å². The average Bonchev–Trinajstić information content (AvgIpc) is 3.54. The second-order valence-electron chi connectivity index (χ2n) is 5.88. The van der Waals surface area contributed by atoms with Gasteiger partial charge in [-0.2, -0.15) is 0 Å². The molecule has 12 nitrogen and oxygen atoms in total. The van der Waals surface area contributed by atoms with Crippen molar-refractivity contribution < 1.29 is 65.6 Å². The molecule has 4 aliphatic rings. The van der Waals surface area contributed by atoms with Crippen LogP contribution in [0.25, 0.3) is 0 Å². The van der Waals surface area contributed by atoms with Crippen LogP contribution in [0, 0.1) is 0 Å². The van der Waals surface area contributed by atoms with Gasteiger partial charge in [0, 0.05) is 0 Å². The molecule has 0 saturated carbocycles. The monoisotopic (exact) mass is 514 g/mol. The third-order valence-electron chi connectivity index (χ3n) is 3.27. The summed E-state index contributed by atoms with van der Waals surface area (Å²) in [7, 11) is 0. The fourth-order valence-electron chi connectivity index (χ4n) is 1.79. The number of hydrogen-bond acceptors (Lipinski definition) is 12. The summed E-state index contributed by atoms with van der Waals surface area (Å²) in [5.74, 6) is 0. The molecule has 0 radical (unpaired) electrons. The van der Waals surface area contributed by atoms with Crippen molar-refractivity contribution in [1.82, 2.24) is 0 Å². The highest BCUT2D eigenvalue weighted by atomic mass is 19.3. The van der Waals surface area contributed by atoms with Crippen molar-refractivity contribution in [2.75, 3.05) is 79.7 Å². The molecule has 0 aromatic heterocycles. The highest BCUT2D eigenvalue weighted by molar-refractivity contribution is 4.69. The number of hydrogen-bond donors (Lipinski definition) is 0. The Kier molecular flexibility index (Phi) is 19.6. The average molecular weight is 514 g/mol. The first kappa shape index (κ1) is 30.1. The lowest BCUT2D eigenvalue weighted by atomic mass is 10.7. The van der Waals surface area contributed by atoms with E-state index in [0.717, 1.165) is 12.5 Å². The maximum Gasteiger partial charge on any atom is 0.585 e. The second-order valence-corrected chi connectivity index (χ2v) is 5.88. The van der Waals surface area contributed by atoms with E-state index >= 15 is 0 Å². The van der Waals surface area contributed by atoms with Gasteiger partial charge in [-0.1, -0.05) is 0 Å². The van der Waals surface area contributed by atoms with Crippen LogP contribution in [0.2, 0.25) is 0 Å². The van der Waals surface area contributed by atoms with Gasteiger partial charge in [0.1, 0.15) is 83.3 Å². The molecule has 0 saturated heterocycles. The maximum absolute atomic E-state index is 11.4. The summed E-state index contributed by atoms with van der Waals surface area (Å²) in [6, 6.07) is 0. The van der Waals surface area contributed by atoms with Gasteiger partial charge >= 0.3 is 6.29 Å². The normalized spacial score (nSPS) is 21.2. The van der Waals surface area contributed by atoms with Crippen LogP contribution in [-0.2, 0) is 56.8 Å². The zero-order valence-corrected chi connectivity index (χ0v) is 19.3. The van der Waals surface area contributed by atoms with Crippen LogP contribution in [0.5, 0.6) is 0 Å². The summed E-state index contributed by atoms with van der Waals surface area (Å²) >= 11 is 0. The molecule has 0 aromatic rings. The Bertz CT molecular complexity index is 545. The van der Waals surface area contributed by atoms with Crippen molar-refractivity contribution in [3.63, 3.8) is 0 Å². The van der Waals surface area contributed by atoms with Gasteiger partial charge in [-0.15, -0.1) is 8.78 Å². The van der Waals surface area contributed by atoms with Gasteiger partial charge in [0.2, 0.25) is 6.79 Å².